The van der Waals surface area contributed by atoms with E-state index in [2.05, 4.69) is 52.9 Å². The van der Waals surface area contributed by atoms with Crippen molar-refractivity contribution in [1.82, 2.24) is 19.9 Å². The van der Waals surface area contributed by atoms with Crippen LogP contribution < -0.4 is 5.32 Å². The fourth-order valence-corrected chi connectivity index (χ4v) is 5.50. The van der Waals surface area contributed by atoms with Crippen LogP contribution in [0, 0.1) is 11.6 Å². The number of morpholine rings is 1. The number of halogens is 2. The Bertz CT molecular complexity index is 1300. The molecule has 2 saturated heterocycles. The second-order valence-corrected chi connectivity index (χ2v) is 10.7. The SMILES string of the molecule is CC(C)c1c(CN2[C@H](C)COC[C@@H]2C)cnc2c(F)cc(-c3nc(N[C@@H]4CCOC[C@H]4O)ncc3F)cc12. The summed E-state index contributed by atoms with van der Waals surface area (Å²) >= 11 is 0. The monoisotopic (exact) mass is 527 g/mol. The van der Waals surface area contributed by atoms with Crippen molar-refractivity contribution < 1.29 is 23.4 Å². The van der Waals surface area contributed by atoms with Gasteiger partial charge >= 0.3 is 0 Å². The molecular formula is C28H35F2N5O3. The molecule has 4 atom stereocenters. The molecule has 2 aliphatic heterocycles. The number of benzene rings is 1. The van der Waals surface area contributed by atoms with Crippen molar-refractivity contribution in [1.29, 1.82) is 0 Å². The first kappa shape index (κ1) is 26.8. The summed E-state index contributed by atoms with van der Waals surface area (Å²) in [5.41, 5.74) is 2.55. The molecule has 3 aromatic rings. The van der Waals surface area contributed by atoms with Crippen molar-refractivity contribution in [2.45, 2.75) is 70.8 Å². The van der Waals surface area contributed by atoms with Crippen LogP contribution >= 0.6 is 0 Å². The van der Waals surface area contributed by atoms with Gasteiger partial charge < -0.3 is 19.9 Å². The molecule has 0 aliphatic carbocycles. The van der Waals surface area contributed by atoms with Crippen LogP contribution in [0.1, 0.15) is 51.2 Å². The van der Waals surface area contributed by atoms with Gasteiger partial charge in [-0.15, -0.1) is 0 Å². The van der Waals surface area contributed by atoms with E-state index in [4.69, 9.17) is 9.47 Å². The first-order valence-electron chi connectivity index (χ1n) is 13.2. The van der Waals surface area contributed by atoms with E-state index >= 15 is 4.39 Å². The Morgan fingerprint density at radius 1 is 1.05 bits per heavy atom. The van der Waals surface area contributed by atoms with Crippen molar-refractivity contribution >= 4 is 16.9 Å². The summed E-state index contributed by atoms with van der Waals surface area (Å²) in [6.45, 7) is 11.1. The van der Waals surface area contributed by atoms with Crippen LogP contribution in [-0.4, -0.2) is 75.6 Å². The third-order valence-corrected chi connectivity index (χ3v) is 7.49. The number of hydrogen-bond donors (Lipinski definition) is 2. The molecule has 0 radical (unpaired) electrons. The van der Waals surface area contributed by atoms with Crippen molar-refractivity contribution in [3.63, 3.8) is 0 Å². The van der Waals surface area contributed by atoms with Crippen molar-refractivity contribution in [2.24, 2.45) is 0 Å². The quantitative estimate of drug-likeness (QED) is 0.491. The topological polar surface area (TPSA) is 92.6 Å². The van der Waals surface area contributed by atoms with Crippen LogP contribution in [0.2, 0.25) is 0 Å². The molecule has 0 unspecified atom stereocenters. The van der Waals surface area contributed by atoms with Gasteiger partial charge in [0.15, 0.2) is 5.82 Å². The van der Waals surface area contributed by atoms with E-state index in [1.54, 1.807) is 12.3 Å². The van der Waals surface area contributed by atoms with Gasteiger partial charge in [-0.3, -0.25) is 9.88 Å². The van der Waals surface area contributed by atoms with Gasteiger partial charge in [-0.1, -0.05) is 13.8 Å². The van der Waals surface area contributed by atoms with E-state index in [-0.39, 0.29) is 47.8 Å². The molecule has 1 aromatic carbocycles. The fraction of sp³-hybridized carbons (Fsp3) is 0.536. The molecule has 10 heteroatoms. The van der Waals surface area contributed by atoms with Gasteiger partial charge in [0.2, 0.25) is 5.95 Å². The Kier molecular flexibility index (Phi) is 7.85. The summed E-state index contributed by atoms with van der Waals surface area (Å²) in [6.07, 6.45) is 2.67. The standard InChI is InChI=1S/C28H35F2N5O3/c1-15(2)25-19(11-35-16(3)12-38-13-17(35)4)9-31-27-20(25)7-18(8-21(27)29)26-22(30)10-32-28(34-26)33-23-5-6-37-14-24(23)36/h7-10,15-17,23-24,36H,5-6,11-14H2,1-4H3,(H,32,33,34)/t16-,17+,23-,24-/m1/s1. The molecule has 2 fully saturated rings. The van der Waals surface area contributed by atoms with Crippen molar-refractivity contribution in [3.8, 4) is 11.3 Å². The second kappa shape index (κ2) is 11.1. The molecule has 0 spiro atoms. The lowest BCUT2D eigenvalue weighted by Gasteiger charge is -2.39. The number of nitrogens with zero attached hydrogens (tertiary/aromatic N) is 4. The number of aliphatic hydroxyl groups is 1. The van der Waals surface area contributed by atoms with Crippen LogP contribution in [0.4, 0.5) is 14.7 Å². The maximum Gasteiger partial charge on any atom is 0.223 e. The third-order valence-electron chi connectivity index (χ3n) is 7.49. The molecule has 4 heterocycles. The van der Waals surface area contributed by atoms with E-state index in [1.807, 2.05) is 0 Å². The van der Waals surface area contributed by atoms with Crippen molar-refractivity contribution in [2.75, 3.05) is 31.7 Å². The summed E-state index contributed by atoms with van der Waals surface area (Å²) in [5, 5.41) is 13.9. The zero-order chi connectivity index (χ0) is 27.0. The van der Waals surface area contributed by atoms with Gasteiger partial charge in [0.25, 0.3) is 0 Å². The number of hydrogen-bond acceptors (Lipinski definition) is 8. The molecule has 2 N–H and O–H groups in total. The number of aromatic nitrogens is 3. The predicted molar refractivity (Wildman–Crippen MR) is 141 cm³/mol. The Labute approximate surface area is 221 Å². The number of pyridine rings is 1. The predicted octanol–water partition coefficient (Wildman–Crippen LogP) is 4.26. The molecule has 2 aliphatic rings. The molecule has 204 valence electrons. The highest BCUT2D eigenvalue weighted by atomic mass is 19.1. The van der Waals surface area contributed by atoms with Gasteiger partial charge in [0, 0.05) is 42.4 Å². The number of anilines is 1. The number of aliphatic hydroxyl groups excluding tert-OH is 1. The van der Waals surface area contributed by atoms with Gasteiger partial charge in [0.05, 0.1) is 38.2 Å². The maximum absolute atomic E-state index is 15.4. The summed E-state index contributed by atoms with van der Waals surface area (Å²) in [5.74, 6) is -0.946. The number of rotatable bonds is 6. The maximum atomic E-state index is 15.4. The van der Waals surface area contributed by atoms with Gasteiger partial charge in [-0.25, -0.2) is 18.7 Å². The summed E-state index contributed by atoms with van der Waals surface area (Å²) in [4.78, 5) is 15.3. The van der Waals surface area contributed by atoms with Gasteiger partial charge in [-0.05, 0) is 49.4 Å². The smallest absolute Gasteiger partial charge is 0.223 e. The second-order valence-electron chi connectivity index (χ2n) is 10.7. The first-order valence-corrected chi connectivity index (χ1v) is 13.2. The number of nitrogens with one attached hydrogen (secondary N) is 1. The molecule has 5 rings (SSSR count). The molecule has 0 bridgehead atoms. The van der Waals surface area contributed by atoms with Crippen LogP contribution in [0.3, 0.4) is 0 Å². The zero-order valence-corrected chi connectivity index (χ0v) is 22.2. The molecule has 2 aromatic heterocycles. The van der Waals surface area contributed by atoms with Gasteiger partial charge in [-0.2, -0.15) is 0 Å². The number of ether oxygens (including phenoxy) is 2. The summed E-state index contributed by atoms with van der Waals surface area (Å²) in [6, 6.07) is 3.21. The lowest BCUT2D eigenvalue weighted by atomic mass is 9.91. The Balaban J connectivity index is 1.55. The fourth-order valence-electron chi connectivity index (χ4n) is 5.50. The van der Waals surface area contributed by atoms with E-state index < -0.39 is 17.7 Å². The van der Waals surface area contributed by atoms with E-state index in [9.17, 15) is 9.50 Å². The highest BCUT2D eigenvalue weighted by Gasteiger charge is 2.28. The lowest BCUT2D eigenvalue weighted by Crippen LogP contribution is -2.49. The van der Waals surface area contributed by atoms with E-state index in [1.165, 1.54) is 6.07 Å². The summed E-state index contributed by atoms with van der Waals surface area (Å²) < 4.78 is 41.4. The Morgan fingerprint density at radius 2 is 1.82 bits per heavy atom. The molecule has 38 heavy (non-hydrogen) atoms. The highest BCUT2D eigenvalue weighted by molar-refractivity contribution is 5.88. The molecule has 8 nitrogen and oxygen atoms in total. The van der Waals surface area contributed by atoms with Crippen LogP contribution in [0.15, 0.2) is 24.5 Å². The van der Waals surface area contributed by atoms with E-state index in [0.717, 1.165) is 17.3 Å². The molecule has 0 amide bonds. The molecule has 0 saturated carbocycles. The normalized spacial score (nSPS) is 24.7. The Hall–Kier alpha value is -2.79. The minimum absolute atomic E-state index is 0.0135. The molecular weight excluding hydrogens is 492 g/mol. The lowest BCUT2D eigenvalue weighted by molar-refractivity contribution is -0.0411. The average molecular weight is 528 g/mol. The van der Waals surface area contributed by atoms with Crippen LogP contribution in [-0.2, 0) is 16.0 Å². The highest BCUT2D eigenvalue weighted by Crippen LogP contribution is 2.34. The van der Waals surface area contributed by atoms with Crippen molar-refractivity contribution in [3.05, 3.63) is 47.3 Å². The van der Waals surface area contributed by atoms with Gasteiger partial charge in [0.1, 0.15) is 17.0 Å². The van der Waals surface area contributed by atoms with E-state index in [0.29, 0.717) is 43.7 Å². The average Bonchev–Trinajstić information content (AvgIpc) is 2.88. The first-order chi connectivity index (χ1) is 18.2. The third kappa shape index (κ3) is 5.36. The minimum Gasteiger partial charge on any atom is -0.389 e. The zero-order valence-electron chi connectivity index (χ0n) is 22.2. The Morgan fingerprint density at radius 3 is 2.53 bits per heavy atom. The summed E-state index contributed by atoms with van der Waals surface area (Å²) in [7, 11) is 0. The largest absolute Gasteiger partial charge is 0.389 e. The van der Waals surface area contributed by atoms with Crippen LogP contribution in [0.25, 0.3) is 22.2 Å². The number of fused-ring (bicyclic) bond motifs is 1. The van der Waals surface area contributed by atoms with Crippen LogP contribution in [0.5, 0.6) is 0 Å². The minimum atomic E-state index is -0.728.